The Morgan fingerprint density at radius 1 is 1.06 bits per heavy atom. The molecule has 2 amide bonds. The van der Waals surface area contributed by atoms with Gasteiger partial charge in [0.15, 0.2) is 0 Å². The third-order valence-corrected chi connectivity index (χ3v) is 11.0. The smallest absolute Gasteiger partial charge is 0.407 e. The van der Waals surface area contributed by atoms with Crippen molar-refractivity contribution in [3.63, 3.8) is 0 Å². The summed E-state index contributed by atoms with van der Waals surface area (Å²) < 4.78 is 54.4. The van der Waals surface area contributed by atoms with Gasteiger partial charge in [0, 0.05) is 47.4 Å². The molecule has 0 radical (unpaired) electrons. The summed E-state index contributed by atoms with van der Waals surface area (Å²) in [6.45, 7) is 6.66. The average Bonchev–Trinajstić information content (AvgIpc) is 3.05. The van der Waals surface area contributed by atoms with Crippen molar-refractivity contribution in [3.8, 4) is 5.75 Å². The van der Waals surface area contributed by atoms with Crippen molar-refractivity contribution in [2.24, 2.45) is 5.92 Å². The summed E-state index contributed by atoms with van der Waals surface area (Å²) in [5.74, 6) is -1.08. The fourth-order valence-corrected chi connectivity index (χ4v) is 8.41. The number of hydrogen-bond acceptors (Lipinski definition) is 7. The molecule has 0 spiro atoms. The van der Waals surface area contributed by atoms with Gasteiger partial charge < -0.3 is 25.4 Å². The Morgan fingerprint density at radius 2 is 1.77 bits per heavy atom. The minimum Gasteiger partial charge on any atom is -0.497 e. The highest BCUT2D eigenvalue weighted by molar-refractivity contribution is 7.89. The zero-order valence-corrected chi connectivity index (χ0v) is 29.4. The predicted octanol–water partition coefficient (Wildman–Crippen LogP) is 5.96. The summed E-state index contributed by atoms with van der Waals surface area (Å²) in [4.78, 5) is 26.5. The molecule has 3 aromatic carbocycles. The number of anilines is 1. The van der Waals surface area contributed by atoms with Gasteiger partial charge in [0.05, 0.1) is 19.1 Å². The van der Waals surface area contributed by atoms with Crippen molar-refractivity contribution in [2.75, 3.05) is 32.6 Å². The molecule has 0 aliphatic carbocycles. The largest absolute Gasteiger partial charge is 0.497 e. The van der Waals surface area contributed by atoms with E-state index in [4.69, 9.17) is 21.1 Å². The summed E-state index contributed by atoms with van der Waals surface area (Å²) in [7, 11) is -1.09. The first-order valence-electron chi connectivity index (χ1n) is 15.9. The molecule has 4 atom stereocenters. The van der Waals surface area contributed by atoms with Crippen molar-refractivity contribution < 1.29 is 31.9 Å². The number of nitrogens with one attached hydrogen (secondary N) is 3. The quantitative estimate of drug-likeness (QED) is 0.201. The molecule has 260 valence electrons. The molecule has 0 saturated carbocycles. The Kier molecular flexibility index (Phi) is 12.8. The fourth-order valence-electron chi connectivity index (χ4n) is 6.37. The second-order valence-corrected chi connectivity index (χ2v) is 14.5. The van der Waals surface area contributed by atoms with Gasteiger partial charge in [-0.2, -0.15) is 4.31 Å². The summed E-state index contributed by atoms with van der Waals surface area (Å²) in [5.41, 5.74) is 1.30. The zero-order valence-electron chi connectivity index (χ0n) is 27.8. The Morgan fingerprint density at radius 3 is 2.42 bits per heavy atom. The molecule has 4 rings (SSSR count). The highest BCUT2D eigenvalue weighted by atomic mass is 35.5. The lowest BCUT2D eigenvalue weighted by Crippen LogP contribution is -2.58. The van der Waals surface area contributed by atoms with E-state index in [1.807, 2.05) is 26.8 Å². The van der Waals surface area contributed by atoms with Gasteiger partial charge in [-0.15, -0.1) is 0 Å². The van der Waals surface area contributed by atoms with Gasteiger partial charge in [0.25, 0.3) is 0 Å². The van der Waals surface area contributed by atoms with Crippen LogP contribution in [0.5, 0.6) is 5.75 Å². The van der Waals surface area contributed by atoms with E-state index in [2.05, 4.69) is 16.0 Å². The van der Waals surface area contributed by atoms with Crippen LogP contribution in [0.3, 0.4) is 0 Å². The molecular weight excluding hydrogens is 659 g/mol. The van der Waals surface area contributed by atoms with Crippen LogP contribution in [0.1, 0.15) is 50.7 Å². The van der Waals surface area contributed by atoms with Crippen molar-refractivity contribution in [3.05, 3.63) is 88.7 Å². The molecule has 3 N–H and O–H groups in total. The first-order valence-corrected chi connectivity index (χ1v) is 17.8. The monoisotopic (exact) mass is 702 g/mol. The summed E-state index contributed by atoms with van der Waals surface area (Å²) in [6.07, 6.45) is 0.344. The predicted molar refractivity (Wildman–Crippen MR) is 184 cm³/mol. The molecule has 1 saturated heterocycles. The third kappa shape index (κ3) is 8.84. The third-order valence-electron chi connectivity index (χ3n) is 8.64. The van der Waals surface area contributed by atoms with Crippen molar-refractivity contribution in [1.29, 1.82) is 0 Å². The van der Waals surface area contributed by atoms with Gasteiger partial charge in [-0.05, 0) is 86.2 Å². The standard InChI is InChI=1S/C35H44ClFN4O6S/c1-22(2)32(24-9-6-10-25(36)19-24)33(40-35(43)47-5)34(42)39-31-14-8-13-30(37)29(31)12-7-11-26-21-38-20-23(3)41(26)48(44,45)28-17-15-27(46-4)16-18-28/h6,8-10,13-19,22-23,26,32-33,38H,7,11-12,20-21H2,1-5H3,(H,39,42)(H,40,43)/t23-,26-,32+,33-/m0/s1. The second-order valence-electron chi connectivity index (χ2n) is 12.3. The molecule has 1 fully saturated rings. The number of nitrogens with zero attached hydrogens (tertiary/aromatic N) is 1. The van der Waals surface area contributed by atoms with E-state index in [0.717, 1.165) is 5.56 Å². The maximum absolute atomic E-state index is 15.4. The second kappa shape index (κ2) is 16.6. The topological polar surface area (TPSA) is 126 Å². The van der Waals surface area contributed by atoms with Crippen LogP contribution in [0, 0.1) is 11.7 Å². The van der Waals surface area contributed by atoms with Crippen LogP contribution < -0.4 is 20.7 Å². The summed E-state index contributed by atoms with van der Waals surface area (Å²) >= 11 is 6.27. The van der Waals surface area contributed by atoms with Crippen molar-refractivity contribution in [2.45, 2.75) is 69.0 Å². The molecular formula is C35H44ClFN4O6S. The van der Waals surface area contributed by atoms with Gasteiger partial charge >= 0.3 is 6.09 Å². The van der Waals surface area contributed by atoms with Crippen LogP contribution in [0.15, 0.2) is 71.6 Å². The van der Waals surface area contributed by atoms with E-state index < -0.39 is 39.8 Å². The van der Waals surface area contributed by atoms with E-state index in [1.54, 1.807) is 40.7 Å². The maximum Gasteiger partial charge on any atom is 0.407 e. The number of piperazine rings is 1. The van der Waals surface area contributed by atoms with Gasteiger partial charge in [-0.3, -0.25) is 4.79 Å². The number of ether oxygens (including phenoxy) is 2. The van der Waals surface area contributed by atoms with Crippen LogP contribution >= 0.6 is 11.6 Å². The van der Waals surface area contributed by atoms with Crippen LogP contribution in [0.4, 0.5) is 14.9 Å². The fraction of sp³-hybridized carbons (Fsp3) is 0.429. The van der Waals surface area contributed by atoms with Crippen molar-refractivity contribution in [1.82, 2.24) is 14.9 Å². The maximum atomic E-state index is 15.4. The Hall–Kier alpha value is -3.71. The summed E-state index contributed by atoms with van der Waals surface area (Å²) in [6, 6.07) is 16.1. The highest BCUT2D eigenvalue weighted by Crippen LogP contribution is 2.32. The number of alkyl carbamates (subject to hydrolysis) is 1. The number of sulfonamides is 1. The van der Waals surface area contributed by atoms with E-state index in [1.165, 1.54) is 38.5 Å². The van der Waals surface area contributed by atoms with Crippen molar-refractivity contribution >= 4 is 39.3 Å². The number of benzene rings is 3. The lowest BCUT2D eigenvalue weighted by Gasteiger charge is -2.40. The molecule has 10 nitrogen and oxygen atoms in total. The molecule has 0 bridgehead atoms. The number of halogens is 2. The van der Waals surface area contributed by atoms with Crippen LogP contribution in [-0.2, 0) is 26.0 Å². The Bertz CT molecular complexity index is 1670. The summed E-state index contributed by atoms with van der Waals surface area (Å²) in [5, 5.41) is 9.31. The van der Waals surface area contributed by atoms with Gasteiger partial charge in [0.2, 0.25) is 15.9 Å². The first kappa shape index (κ1) is 37.1. The molecule has 0 aromatic heterocycles. The van der Waals surface area contributed by atoms with Gasteiger partial charge in [0.1, 0.15) is 17.6 Å². The van der Waals surface area contributed by atoms with E-state index in [9.17, 15) is 18.0 Å². The number of rotatable bonds is 13. The molecule has 3 aromatic rings. The van der Waals surface area contributed by atoms with Gasteiger partial charge in [-0.1, -0.05) is 43.6 Å². The molecule has 13 heteroatoms. The number of carbonyl (C=O) groups is 2. The number of methoxy groups -OCH3 is 2. The number of carbonyl (C=O) groups excluding carboxylic acids is 2. The number of amides is 2. The molecule has 48 heavy (non-hydrogen) atoms. The SMILES string of the molecule is COC(=O)N[C@H](C(=O)Nc1cccc(F)c1CCC[C@H]1CNC[C@H](C)N1S(=O)(=O)c1ccc(OC)cc1)[C@@H](c1cccc(Cl)c1)C(C)C. The minimum atomic E-state index is -3.82. The molecule has 1 aliphatic heterocycles. The minimum absolute atomic E-state index is 0.105. The lowest BCUT2D eigenvalue weighted by atomic mass is 9.82. The first-order chi connectivity index (χ1) is 22.9. The Balaban J connectivity index is 1.54. The van der Waals surface area contributed by atoms with E-state index >= 15 is 4.39 Å². The van der Waals surface area contributed by atoms with Crippen LogP contribution in [0.2, 0.25) is 5.02 Å². The molecule has 1 heterocycles. The molecule has 0 unspecified atom stereocenters. The zero-order chi connectivity index (χ0) is 35.0. The van der Waals surface area contributed by atoms with Gasteiger partial charge in [-0.25, -0.2) is 17.6 Å². The normalized spacial score (nSPS) is 18.2. The lowest BCUT2D eigenvalue weighted by molar-refractivity contribution is -0.118. The van der Waals surface area contributed by atoms with E-state index in [0.29, 0.717) is 36.7 Å². The van der Waals surface area contributed by atoms with E-state index in [-0.39, 0.29) is 40.6 Å². The van der Waals surface area contributed by atoms with Crippen LogP contribution in [0.25, 0.3) is 0 Å². The Labute approximate surface area is 287 Å². The van der Waals surface area contributed by atoms with Crippen LogP contribution in [-0.4, -0.2) is 70.2 Å². The number of hydrogen-bond donors (Lipinski definition) is 3. The molecule has 1 aliphatic rings. The average molecular weight is 703 g/mol. The highest BCUT2D eigenvalue weighted by Gasteiger charge is 2.38.